The maximum absolute atomic E-state index is 12.8. The standard InChI is InChI=1S/C17H12ClF3N2O2S/c18-10-2-4-11(5-3-10)22-15(24)8-14-16(25)23-12-7-9(17(19,20)21)1-6-13(12)26-14/h1-7,14H,8H2,(H,22,24)(H,23,25)/t14-/m1/s1. The van der Waals surface area contributed by atoms with Gasteiger partial charge in [0.25, 0.3) is 0 Å². The number of hydrogen-bond acceptors (Lipinski definition) is 3. The van der Waals surface area contributed by atoms with Crippen molar-refractivity contribution in [1.82, 2.24) is 0 Å². The monoisotopic (exact) mass is 400 g/mol. The first-order valence-electron chi connectivity index (χ1n) is 7.46. The zero-order valence-electron chi connectivity index (χ0n) is 13.1. The summed E-state index contributed by atoms with van der Waals surface area (Å²) in [4.78, 5) is 24.8. The number of benzene rings is 2. The summed E-state index contributed by atoms with van der Waals surface area (Å²) >= 11 is 6.84. The molecule has 1 heterocycles. The van der Waals surface area contributed by atoms with Gasteiger partial charge in [-0.15, -0.1) is 11.8 Å². The van der Waals surface area contributed by atoms with Crippen LogP contribution in [0.4, 0.5) is 24.5 Å². The normalized spacial score (nSPS) is 16.6. The number of alkyl halides is 3. The molecule has 0 fully saturated rings. The number of hydrogen-bond donors (Lipinski definition) is 2. The third-order valence-electron chi connectivity index (χ3n) is 3.63. The number of carbonyl (C=O) groups is 2. The van der Waals surface area contributed by atoms with E-state index >= 15 is 0 Å². The number of amides is 2. The second kappa shape index (κ2) is 7.20. The number of thioether (sulfide) groups is 1. The Labute approximate surface area is 156 Å². The summed E-state index contributed by atoms with van der Waals surface area (Å²) in [6, 6.07) is 9.64. The molecule has 136 valence electrons. The van der Waals surface area contributed by atoms with Crippen LogP contribution in [0.3, 0.4) is 0 Å². The Morgan fingerprint density at radius 1 is 1.19 bits per heavy atom. The molecule has 2 aromatic rings. The second-order valence-electron chi connectivity index (χ2n) is 5.56. The molecule has 1 aliphatic rings. The summed E-state index contributed by atoms with van der Waals surface area (Å²) in [5, 5.41) is 4.89. The van der Waals surface area contributed by atoms with Gasteiger partial charge in [0.1, 0.15) is 0 Å². The predicted molar refractivity (Wildman–Crippen MR) is 94.4 cm³/mol. The van der Waals surface area contributed by atoms with E-state index in [2.05, 4.69) is 10.6 Å². The molecule has 0 aliphatic carbocycles. The van der Waals surface area contributed by atoms with Crippen LogP contribution >= 0.6 is 23.4 Å². The average molecular weight is 401 g/mol. The molecule has 0 radical (unpaired) electrons. The quantitative estimate of drug-likeness (QED) is 0.778. The highest BCUT2D eigenvalue weighted by Gasteiger charge is 2.34. The summed E-state index contributed by atoms with van der Waals surface area (Å²) in [6.45, 7) is 0. The van der Waals surface area contributed by atoms with E-state index in [1.54, 1.807) is 24.3 Å². The summed E-state index contributed by atoms with van der Waals surface area (Å²) in [5.41, 5.74) is -0.198. The van der Waals surface area contributed by atoms with Gasteiger partial charge in [-0.05, 0) is 42.5 Å². The van der Waals surface area contributed by atoms with Gasteiger partial charge in [0.2, 0.25) is 11.8 Å². The van der Waals surface area contributed by atoms with Crippen LogP contribution in [0.2, 0.25) is 5.02 Å². The van der Waals surface area contributed by atoms with Crippen LogP contribution in [0.25, 0.3) is 0 Å². The highest BCUT2D eigenvalue weighted by Crippen LogP contribution is 2.40. The molecule has 0 aromatic heterocycles. The Morgan fingerprint density at radius 3 is 2.54 bits per heavy atom. The van der Waals surface area contributed by atoms with Gasteiger partial charge in [-0.2, -0.15) is 13.2 Å². The lowest BCUT2D eigenvalue weighted by atomic mass is 10.1. The average Bonchev–Trinajstić information content (AvgIpc) is 2.56. The Morgan fingerprint density at radius 2 is 1.88 bits per heavy atom. The Balaban J connectivity index is 1.68. The molecule has 0 saturated heterocycles. The molecule has 0 bridgehead atoms. The molecular formula is C17H12ClF3N2O2S. The zero-order valence-corrected chi connectivity index (χ0v) is 14.6. The van der Waals surface area contributed by atoms with Crippen LogP contribution in [0.15, 0.2) is 47.4 Å². The van der Waals surface area contributed by atoms with Crippen LogP contribution in [0.5, 0.6) is 0 Å². The van der Waals surface area contributed by atoms with Gasteiger partial charge in [-0.3, -0.25) is 9.59 Å². The smallest absolute Gasteiger partial charge is 0.326 e. The summed E-state index contributed by atoms with van der Waals surface area (Å²) in [7, 11) is 0. The summed E-state index contributed by atoms with van der Waals surface area (Å²) < 4.78 is 38.3. The molecule has 2 aromatic carbocycles. The van der Waals surface area contributed by atoms with Gasteiger partial charge in [-0.25, -0.2) is 0 Å². The van der Waals surface area contributed by atoms with Crippen molar-refractivity contribution in [3.63, 3.8) is 0 Å². The van der Waals surface area contributed by atoms with Crippen molar-refractivity contribution in [1.29, 1.82) is 0 Å². The van der Waals surface area contributed by atoms with E-state index in [1.807, 2.05) is 0 Å². The first-order chi connectivity index (χ1) is 12.2. The van der Waals surface area contributed by atoms with Crippen LogP contribution in [0.1, 0.15) is 12.0 Å². The third-order valence-corrected chi connectivity index (χ3v) is 5.15. The van der Waals surface area contributed by atoms with Crippen LogP contribution in [-0.4, -0.2) is 17.1 Å². The van der Waals surface area contributed by atoms with Gasteiger partial charge in [0, 0.05) is 22.0 Å². The molecule has 2 amide bonds. The van der Waals surface area contributed by atoms with E-state index in [1.165, 1.54) is 6.07 Å². The van der Waals surface area contributed by atoms with E-state index < -0.39 is 22.9 Å². The molecule has 4 nitrogen and oxygen atoms in total. The zero-order chi connectivity index (χ0) is 18.9. The number of fused-ring (bicyclic) bond motifs is 1. The Bertz CT molecular complexity index is 856. The van der Waals surface area contributed by atoms with Crippen LogP contribution in [-0.2, 0) is 15.8 Å². The van der Waals surface area contributed by atoms with Gasteiger partial charge < -0.3 is 10.6 Å². The van der Waals surface area contributed by atoms with E-state index in [0.29, 0.717) is 15.6 Å². The molecule has 0 saturated carbocycles. The Kier molecular flexibility index (Phi) is 5.15. The van der Waals surface area contributed by atoms with Gasteiger partial charge in [-0.1, -0.05) is 11.6 Å². The highest BCUT2D eigenvalue weighted by molar-refractivity contribution is 8.01. The number of nitrogens with one attached hydrogen (secondary N) is 2. The van der Waals surface area contributed by atoms with Gasteiger partial charge >= 0.3 is 6.18 Å². The van der Waals surface area contributed by atoms with Crippen LogP contribution < -0.4 is 10.6 Å². The largest absolute Gasteiger partial charge is 0.416 e. The fourth-order valence-electron chi connectivity index (χ4n) is 2.37. The van der Waals surface area contributed by atoms with Crippen molar-refractivity contribution in [2.45, 2.75) is 22.7 Å². The van der Waals surface area contributed by atoms with Crippen molar-refractivity contribution in [3.8, 4) is 0 Å². The fraction of sp³-hybridized carbons (Fsp3) is 0.176. The first kappa shape index (κ1) is 18.6. The van der Waals surface area contributed by atoms with Crippen molar-refractivity contribution >= 4 is 46.6 Å². The minimum absolute atomic E-state index is 0.101. The number of carbonyl (C=O) groups excluding carboxylic acids is 2. The molecular weight excluding hydrogens is 389 g/mol. The van der Waals surface area contributed by atoms with Gasteiger partial charge in [0.15, 0.2) is 0 Å². The predicted octanol–water partition coefficient (Wildman–Crippen LogP) is 4.80. The van der Waals surface area contributed by atoms with Crippen molar-refractivity contribution in [2.24, 2.45) is 0 Å². The SMILES string of the molecule is O=C(C[C@H]1Sc2ccc(C(F)(F)F)cc2NC1=O)Nc1ccc(Cl)cc1. The first-order valence-corrected chi connectivity index (χ1v) is 8.72. The number of halogens is 4. The molecule has 2 N–H and O–H groups in total. The van der Waals surface area contributed by atoms with Crippen LogP contribution in [0, 0.1) is 0 Å². The molecule has 26 heavy (non-hydrogen) atoms. The topological polar surface area (TPSA) is 58.2 Å². The Hall–Kier alpha value is -2.19. The molecule has 0 spiro atoms. The van der Waals surface area contributed by atoms with Gasteiger partial charge in [0.05, 0.1) is 16.5 Å². The number of rotatable bonds is 3. The molecule has 9 heteroatoms. The highest BCUT2D eigenvalue weighted by atomic mass is 35.5. The maximum Gasteiger partial charge on any atom is 0.416 e. The van der Waals surface area contributed by atoms with E-state index in [0.717, 1.165) is 23.9 Å². The van der Waals surface area contributed by atoms with E-state index in [4.69, 9.17) is 11.6 Å². The molecule has 1 atom stereocenters. The van der Waals surface area contributed by atoms with Crippen molar-refractivity contribution < 1.29 is 22.8 Å². The minimum atomic E-state index is -4.49. The maximum atomic E-state index is 12.8. The lowest BCUT2D eigenvalue weighted by Crippen LogP contribution is -2.32. The lowest BCUT2D eigenvalue weighted by Gasteiger charge is -2.24. The molecule has 0 unspecified atom stereocenters. The number of anilines is 2. The second-order valence-corrected chi connectivity index (χ2v) is 7.24. The fourth-order valence-corrected chi connectivity index (χ4v) is 3.59. The van der Waals surface area contributed by atoms with Crippen molar-refractivity contribution in [3.05, 3.63) is 53.1 Å². The third kappa shape index (κ3) is 4.31. The minimum Gasteiger partial charge on any atom is -0.326 e. The summed E-state index contributed by atoms with van der Waals surface area (Å²) in [6.07, 6.45) is -4.60. The van der Waals surface area contributed by atoms with E-state index in [-0.39, 0.29) is 18.0 Å². The van der Waals surface area contributed by atoms with Crippen molar-refractivity contribution in [2.75, 3.05) is 10.6 Å². The molecule has 1 aliphatic heterocycles. The summed E-state index contributed by atoms with van der Waals surface area (Å²) in [5.74, 6) is -0.886. The van der Waals surface area contributed by atoms with E-state index in [9.17, 15) is 22.8 Å². The molecule has 3 rings (SSSR count). The lowest BCUT2D eigenvalue weighted by molar-refractivity contribution is -0.137.